The average molecular weight is 767 g/mol. The van der Waals surface area contributed by atoms with Gasteiger partial charge in [0.1, 0.15) is 24.9 Å². The van der Waals surface area contributed by atoms with Gasteiger partial charge >= 0.3 is 17.9 Å². The van der Waals surface area contributed by atoms with Crippen LogP contribution < -0.4 is 0 Å². The van der Waals surface area contributed by atoms with Crippen LogP contribution in [0.25, 0.3) is 0 Å². The number of aliphatic carboxylic acids is 1. The number of hydrogen-bond acceptors (Lipinski definition) is 10. The number of carboxylic acid groups (broad SMARTS) is 1. The number of carbonyl (C=O) groups is 3. The minimum atomic E-state index is -1.86. The molecule has 1 aliphatic rings. The van der Waals surface area contributed by atoms with Crippen LogP contribution in [0.3, 0.4) is 0 Å². The van der Waals surface area contributed by atoms with Crippen molar-refractivity contribution in [2.45, 2.75) is 205 Å². The normalized spacial score (nSPS) is 20.9. The largest absolute Gasteiger partial charge is 0.479 e. The summed E-state index contributed by atoms with van der Waals surface area (Å²) < 4.78 is 21.6. The Balaban J connectivity index is 2.37. The van der Waals surface area contributed by atoms with E-state index < -0.39 is 61.3 Å². The van der Waals surface area contributed by atoms with Crippen LogP contribution in [-0.2, 0) is 33.3 Å². The van der Waals surface area contributed by atoms with Gasteiger partial charge in [0.2, 0.25) is 0 Å². The summed E-state index contributed by atoms with van der Waals surface area (Å²) >= 11 is 0. The molecule has 4 N–H and O–H groups in total. The Morgan fingerprint density at radius 3 is 1.63 bits per heavy atom. The number of allylic oxidation sites excluding steroid dienone is 6. The standard InChI is InChI=1S/C43H74O11/c1-3-5-7-9-11-13-15-16-17-18-19-20-21-22-24-25-27-29-31-36(44)51-33-35(34-52-43-40(48)38(46)39(47)41(54-43)42(49)50)53-37(45)32-30-28-26-23-14-12-10-8-6-4-2/h8,10,13,15,17-18,35,38-41,43,46-48H,3-7,9,11-12,14,16,19-34H2,1-2H3,(H,49,50)/b10-8-,15-13-,18-17-. The van der Waals surface area contributed by atoms with Crippen molar-refractivity contribution in [2.24, 2.45) is 0 Å². The first-order valence-electron chi connectivity index (χ1n) is 21.0. The molecule has 6 atom stereocenters. The van der Waals surface area contributed by atoms with Gasteiger partial charge in [-0.05, 0) is 64.2 Å². The number of carboxylic acids is 1. The molecule has 1 rings (SSSR count). The Kier molecular flexibility index (Phi) is 30.9. The van der Waals surface area contributed by atoms with Crippen molar-refractivity contribution in [1.29, 1.82) is 0 Å². The summed E-state index contributed by atoms with van der Waals surface area (Å²) in [6.07, 6.45) is 27.8. The summed E-state index contributed by atoms with van der Waals surface area (Å²) in [4.78, 5) is 36.7. The summed E-state index contributed by atoms with van der Waals surface area (Å²) in [6.45, 7) is 3.70. The number of ether oxygens (including phenoxy) is 4. The van der Waals surface area contributed by atoms with Crippen molar-refractivity contribution < 1.29 is 53.8 Å². The number of rotatable bonds is 34. The van der Waals surface area contributed by atoms with Crippen LogP contribution in [0.1, 0.15) is 168 Å². The summed E-state index contributed by atoms with van der Waals surface area (Å²) in [7, 11) is 0. The quantitative estimate of drug-likeness (QED) is 0.0282. The molecule has 0 spiro atoms. The summed E-state index contributed by atoms with van der Waals surface area (Å²) in [5.74, 6) is -2.47. The molecule has 0 aliphatic carbocycles. The predicted octanol–water partition coefficient (Wildman–Crippen LogP) is 8.42. The first-order valence-corrected chi connectivity index (χ1v) is 21.0. The molecule has 6 unspecified atom stereocenters. The van der Waals surface area contributed by atoms with Gasteiger partial charge in [-0.1, -0.05) is 127 Å². The average Bonchev–Trinajstić information content (AvgIpc) is 3.15. The highest BCUT2D eigenvalue weighted by molar-refractivity contribution is 5.73. The third-order valence-corrected chi connectivity index (χ3v) is 9.44. The van der Waals surface area contributed by atoms with Crippen LogP contribution in [0, 0.1) is 0 Å². The zero-order chi connectivity index (χ0) is 39.7. The molecule has 312 valence electrons. The van der Waals surface area contributed by atoms with Crippen molar-refractivity contribution in [3.8, 4) is 0 Å². The van der Waals surface area contributed by atoms with E-state index in [1.165, 1.54) is 51.4 Å². The molecule has 1 saturated heterocycles. The summed E-state index contributed by atoms with van der Waals surface area (Å²) in [5.41, 5.74) is 0. The Bertz CT molecular complexity index is 1040. The minimum absolute atomic E-state index is 0.170. The van der Waals surface area contributed by atoms with E-state index >= 15 is 0 Å². The number of carbonyl (C=O) groups excluding carboxylic acids is 2. The Morgan fingerprint density at radius 2 is 1.07 bits per heavy atom. The summed E-state index contributed by atoms with van der Waals surface area (Å²) in [5, 5.41) is 39.7. The minimum Gasteiger partial charge on any atom is -0.479 e. The monoisotopic (exact) mass is 767 g/mol. The van der Waals surface area contributed by atoms with Crippen LogP contribution in [0.4, 0.5) is 0 Å². The molecular formula is C43H74O11. The van der Waals surface area contributed by atoms with Gasteiger partial charge in [0.05, 0.1) is 6.61 Å². The molecule has 11 heteroatoms. The Morgan fingerprint density at radius 1 is 0.574 bits per heavy atom. The maximum atomic E-state index is 12.7. The fourth-order valence-corrected chi connectivity index (χ4v) is 6.09. The van der Waals surface area contributed by atoms with Crippen molar-refractivity contribution in [3.63, 3.8) is 0 Å². The molecular weight excluding hydrogens is 692 g/mol. The van der Waals surface area contributed by atoms with Crippen molar-refractivity contribution in [3.05, 3.63) is 36.5 Å². The highest BCUT2D eigenvalue weighted by atomic mass is 16.7. The maximum Gasteiger partial charge on any atom is 0.335 e. The van der Waals surface area contributed by atoms with E-state index in [2.05, 4.69) is 50.3 Å². The Labute approximate surface area is 325 Å². The smallest absolute Gasteiger partial charge is 0.335 e. The highest BCUT2D eigenvalue weighted by Gasteiger charge is 2.47. The van der Waals surface area contributed by atoms with Crippen molar-refractivity contribution in [2.75, 3.05) is 13.2 Å². The lowest BCUT2D eigenvalue weighted by atomic mass is 9.99. The molecule has 1 aliphatic heterocycles. The lowest BCUT2D eigenvalue weighted by Crippen LogP contribution is -2.60. The van der Waals surface area contributed by atoms with Crippen LogP contribution in [-0.4, -0.2) is 88.4 Å². The van der Waals surface area contributed by atoms with Crippen LogP contribution in [0.5, 0.6) is 0 Å². The SMILES string of the molecule is CCC/C=C\CCCCCCCC(=O)OC(COC(=O)CCCCCCCCC/C=C\C/C=C\CCCCCC)COC1OC(C(=O)O)C(O)C(O)C1O. The molecule has 0 aromatic heterocycles. The van der Waals surface area contributed by atoms with E-state index in [4.69, 9.17) is 18.9 Å². The second kappa shape index (κ2) is 33.7. The van der Waals surface area contributed by atoms with E-state index in [9.17, 15) is 34.8 Å². The number of unbranched alkanes of at least 4 members (excludes halogenated alkanes) is 17. The first-order chi connectivity index (χ1) is 26.2. The first kappa shape index (κ1) is 49.4. The van der Waals surface area contributed by atoms with Crippen LogP contribution in [0.15, 0.2) is 36.5 Å². The van der Waals surface area contributed by atoms with E-state index in [0.29, 0.717) is 12.8 Å². The van der Waals surface area contributed by atoms with Gasteiger partial charge in [-0.25, -0.2) is 4.79 Å². The highest BCUT2D eigenvalue weighted by Crippen LogP contribution is 2.23. The van der Waals surface area contributed by atoms with Gasteiger partial charge in [0, 0.05) is 12.8 Å². The van der Waals surface area contributed by atoms with Gasteiger partial charge in [0.25, 0.3) is 0 Å². The third-order valence-electron chi connectivity index (χ3n) is 9.44. The van der Waals surface area contributed by atoms with Crippen molar-refractivity contribution in [1.82, 2.24) is 0 Å². The van der Waals surface area contributed by atoms with Gasteiger partial charge in [-0.3, -0.25) is 9.59 Å². The zero-order valence-electron chi connectivity index (χ0n) is 33.5. The second-order valence-corrected chi connectivity index (χ2v) is 14.5. The number of hydrogen-bond donors (Lipinski definition) is 4. The lowest BCUT2D eigenvalue weighted by Gasteiger charge is -2.38. The predicted molar refractivity (Wildman–Crippen MR) is 211 cm³/mol. The zero-order valence-corrected chi connectivity index (χ0v) is 33.5. The van der Waals surface area contributed by atoms with Crippen molar-refractivity contribution >= 4 is 17.9 Å². The van der Waals surface area contributed by atoms with Gasteiger partial charge < -0.3 is 39.4 Å². The molecule has 0 saturated carbocycles. The maximum absolute atomic E-state index is 12.7. The molecule has 0 aromatic rings. The fourth-order valence-electron chi connectivity index (χ4n) is 6.09. The lowest BCUT2D eigenvalue weighted by molar-refractivity contribution is -0.298. The Hall–Kier alpha value is -2.57. The molecule has 0 aromatic carbocycles. The van der Waals surface area contributed by atoms with Gasteiger partial charge in [-0.2, -0.15) is 0 Å². The number of esters is 2. The van der Waals surface area contributed by atoms with Gasteiger partial charge in [0.15, 0.2) is 18.5 Å². The summed E-state index contributed by atoms with van der Waals surface area (Å²) in [6, 6.07) is 0. The van der Waals surface area contributed by atoms with Crippen LogP contribution >= 0.6 is 0 Å². The molecule has 0 bridgehead atoms. The van der Waals surface area contributed by atoms with Gasteiger partial charge in [-0.15, -0.1) is 0 Å². The molecule has 1 fully saturated rings. The van der Waals surface area contributed by atoms with E-state index in [1.54, 1.807) is 0 Å². The molecule has 11 nitrogen and oxygen atoms in total. The number of aliphatic hydroxyl groups is 3. The topological polar surface area (TPSA) is 169 Å². The van der Waals surface area contributed by atoms with Crippen LogP contribution in [0.2, 0.25) is 0 Å². The second-order valence-electron chi connectivity index (χ2n) is 14.5. The molecule has 1 heterocycles. The van der Waals surface area contributed by atoms with E-state index in [0.717, 1.165) is 77.0 Å². The number of aliphatic hydroxyl groups excluding tert-OH is 3. The fraction of sp³-hybridized carbons (Fsp3) is 0.791. The molecule has 0 radical (unpaired) electrons. The molecule has 54 heavy (non-hydrogen) atoms. The van der Waals surface area contributed by atoms with E-state index in [1.807, 2.05) is 0 Å². The molecule has 0 amide bonds. The third kappa shape index (κ3) is 25.5. The van der Waals surface area contributed by atoms with E-state index in [-0.39, 0.29) is 19.4 Å².